The minimum atomic E-state index is 0.428. The van der Waals surface area contributed by atoms with Gasteiger partial charge in [0, 0.05) is 55.0 Å². The van der Waals surface area contributed by atoms with E-state index in [1.54, 1.807) is 0 Å². The summed E-state index contributed by atoms with van der Waals surface area (Å²) in [5.74, 6) is 0.873. The van der Waals surface area contributed by atoms with Crippen LogP contribution in [0.5, 0.6) is 0 Å². The van der Waals surface area contributed by atoms with Crippen molar-refractivity contribution in [3.63, 3.8) is 0 Å². The first-order valence-electron chi connectivity index (χ1n) is 12.2. The van der Waals surface area contributed by atoms with E-state index in [4.69, 9.17) is 4.98 Å². The molecule has 0 amide bonds. The molecule has 0 radical (unpaired) electrons. The molecule has 1 N–H and O–H groups in total. The number of aromatic amines is 1. The van der Waals surface area contributed by atoms with Gasteiger partial charge in [0.2, 0.25) is 5.95 Å². The van der Waals surface area contributed by atoms with Crippen molar-refractivity contribution in [2.45, 2.75) is 32.2 Å². The number of likely N-dealkylation sites (tertiary alicyclic amines) is 1. The number of hydrogen-bond donors (Lipinski definition) is 1. The fourth-order valence-electron chi connectivity index (χ4n) is 5.81. The molecule has 5 heteroatoms. The number of H-pyrrole nitrogens is 1. The summed E-state index contributed by atoms with van der Waals surface area (Å²) in [6, 6.07) is 21.1. The number of rotatable bonds is 4. The van der Waals surface area contributed by atoms with Crippen LogP contribution in [0.25, 0.3) is 22.2 Å². The van der Waals surface area contributed by atoms with Crippen LogP contribution in [0.1, 0.15) is 31.2 Å². The van der Waals surface area contributed by atoms with Gasteiger partial charge < -0.3 is 9.88 Å². The van der Waals surface area contributed by atoms with Crippen molar-refractivity contribution in [1.29, 1.82) is 0 Å². The molecular formula is C28H31N5. The maximum atomic E-state index is 4.89. The summed E-state index contributed by atoms with van der Waals surface area (Å²) in [4.78, 5) is 18.0. The lowest BCUT2D eigenvalue weighted by Crippen LogP contribution is -2.49. The number of nitrogens with zero attached hydrogens (tertiary/aromatic N) is 4. The monoisotopic (exact) mass is 437 g/mol. The average molecular weight is 438 g/mol. The molecule has 168 valence electrons. The van der Waals surface area contributed by atoms with Gasteiger partial charge in [-0.2, -0.15) is 0 Å². The molecule has 0 unspecified atom stereocenters. The highest BCUT2D eigenvalue weighted by atomic mass is 15.3. The molecule has 0 atom stereocenters. The van der Waals surface area contributed by atoms with Gasteiger partial charge in [-0.15, -0.1) is 0 Å². The summed E-state index contributed by atoms with van der Waals surface area (Å²) in [5.41, 5.74) is 5.24. The highest BCUT2D eigenvalue weighted by molar-refractivity contribution is 5.82. The molecule has 2 aliphatic rings. The second-order valence-electron chi connectivity index (χ2n) is 9.77. The minimum absolute atomic E-state index is 0.428. The number of fused-ring (bicyclic) bond motifs is 1. The van der Waals surface area contributed by atoms with Gasteiger partial charge in [-0.3, -0.25) is 4.90 Å². The van der Waals surface area contributed by atoms with E-state index in [2.05, 4.69) is 74.5 Å². The summed E-state index contributed by atoms with van der Waals surface area (Å²) in [5, 5.41) is 1.36. The lowest BCUT2D eigenvalue weighted by molar-refractivity contribution is 0.0606. The van der Waals surface area contributed by atoms with Gasteiger partial charge >= 0.3 is 0 Å². The Kier molecular flexibility index (Phi) is 5.35. The number of piperidine rings is 2. The molecule has 2 aromatic carbocycles. The first-order chi connectivity index (χ1) is 16.3. The van der Waals surface area contributed by atoms with Crippen LogP contribution in [0.3, 0.4) is 0 Å². The molecule has 6 rings (SSSR count). The predicted molar refractivity (Wildman–Crippen MR) is 134 cm³/mol. The SMILES string of the molecule is c1ccc(-c2ccnc(N3CCC4(CCCN(Cc5c[nH]c6ccccc56)C4)CC3)n2)cc1. The summed E-state index contributed by atoms with van der Waals surface area (Å²) >= 11 is 0. The number of para-hydroxylation sites is 1. The van der Waals surface area contributed by atoms with Crippen molar-refractivity contribution in [2.24, 2.45) is 5.41 Å². The van der Waals surface area contributed by atoms with Crippen molar-refractivity contribution in [3.8, 4) is 11.3 Å². The van der Waals surface area contributed by atoms with Crippen LogP contribution >= 0.6 is 0 Å². The molecule has 1 spiro atoms. The minimum Gasteiger partial charge on any atom is -0.361 e. The topological polar surface area (TPSA) is 48.1 Å². The van der Waals surface area contributed by atoms with E-state index in [0.717, 1.165) is 36.8 Å². The smallest absolute Gasteiger partial charge is 0.225 e. The number of hydrogen-bond acceptors (Lipinski definition) is 4. The van der Waals surface area contributed by atoms with Gasteiger partial charge in [0.05, 0.1) is 5.69 Å². The highest BCUT2D eigenvalue weighted by Gasteiger charge is 2.38. The van der Waals surface area contributed by atoms with Gasteiger partial charge in [0.15, 0.2) is 0 Å². The first kappa shape index (κ1) is 20.4. The summed E-state index contributed by atoms with van der Waals surface area (Å²) in [6.07, 6.45) is 9.18. The second-order valence-corrected chi connectivity index (χ2v) is 9.77. The van der Waals surface area contributed by atoms with Crippen molar-refractivity contribution in [3.05, 3.63) is 78.6 Å². The summed E-state index contributed by atoms with van der Waals surface area (Å²) in [7, 11) is 0. The molecule has 0 saturated carbocycles. The van der Waals surface area contributed by atoms with Crippen LogP contribution in [-0.4, -0.2) is 46.0 Å². The van der Waals surface area contributed by atoms with E-state index in [1.807, 2.05) is 18.3 Å². The highest BCUT2D eigenvalue weighted by Crippen LogP contribution is 2.41. The zero-order valence-corrected chi connectivity index (χ0v) is 19.1. The third-order valence-corrected chi connectivity index (χ3v) is 7.63. The lowest BCUT2D eigenvalue weighted by Gasteiger charge is -2.47. The van der Waals surface area contributed by atoms with Gasteiger partial charge in [-0.05, 0) is 55.3 Å². The third kappa shape index (κ3) is 4.13. The van der Waals surface area contributed by atoms with Gasteiger partial charge in [-0.25, -0.2) is 9.97 Å². The Balaban J connectivity index is 1.13. The maximum absolute atomic E-state index is 4.89. The molecule has 0 aliphatic carbocycles. The van der Waals surface area contributed by atoms with Crippen LogP contribution in [0.15, 0.2) is 73.1 Å². The van der Waals surface area contributed by atoms with Gasteiger partial charge in [-0.1, -0.05) is 48.5 Å². The quantitative estimate of drug-likeness (QED) is 0.457. The zero-order valence-electron chi connectivity index (χ0n) is 19.1. The van der Waals surface area contributed by atoms with E-state index in [9.17, 15) is 0 Å². The molecule has 33 heavy (non-hydrogen) atoms. The second kappa shape index (κ2) is 8.64. The van der Waals surface area contributed by atoms with E-state index in [-0.39, 0.29) is 0 Å². The Hall–Kier alpha value is -3.18. The zero-order chi connectivity index (χ0) is 22.1. The Bertz CT molecular complexity index is 1220. The van der Waals surface area contributed by atoms with E-state index in [0.29, 0.717) is 5.41 Å². The molecule has 2 saturated heterocycles. The fourth-order valence-corrected chi connectivity index (χ4v) is 5.81. The molecule has 2 aliphatic heterocycles. The molecule has 5 nitrogen and oxygen atoms in total. The van der Waals surface area contributed by atoms with E-state index >= 15 is 0 Å². The van der Waals surface area contributed by atoms with Crippen molar-refractivity contribution in [1.82, 2.24) is 19.9 Å². The Morgan fingerprint density at radius 3 is 2.58 bits per heavy atom. The van der Waals surface area contributed by atoms with Crippen LogP contribution < -0.4 is 4.90 Å². The third-order valence-electron chi connectivity index (χ3n) is 7.63. The predicted octanol–water partition coefficient (Wildman–Crippen LogP) is 5.51. The molecule has 0 bridgehead atoms. The fraction of sp³-hybridized carbons (Fsp3) is 0.357. The largest absolute Gasteiger partial charge is 0.361 e. The Morgan fingerprint density at radius 2 is 1.70 bits per heavy atom. The maximum Gasteiger partial charge on any atom is 0.225 e. The Labute approximate surface area is 195 Å². The summed E-state index contributed by atoms with van der Waals surface area (Å²) < 4.78 is 0. The van der Waals surface area contributed by atoms with Crippen LogP contribution in [0.4, 0.5) is 5.95 Å². The number of anilines is 1. The number of nitrogens with one attached hydrogen (secondary N) is 1. The lowest BCUT2D eigenvalue weighted by atomic mass is 9.72. The molecule has 4 heterocycles. The average Bonchev–Trinajstić information content (AvgIpc) is 3.28. The first-order valence-corrected chi connectivity index (χ1v) is 12.2. The van der Waals surface area contributed by atoms with Gasteiger partial charge in [0.25, 0.3) is 0 Å². The van der Waals surface area contributed by atoms with Crippen molar-refractivity contribution < 1.29 is 0 Å². The van der Waals surface area contributed by atoms with Crippen LogP contribution in [0, 0.1) is 5.41 Å². The number of benzene rings is 2. The number of aromatic nitrogens is 3. The van der Waals surface area contributed by atoms with Crippen LogP contribution in [-0.2, 0) is 6.54 Å². The Morgan fingerprint density at radius 1 is 0.879 bits per heavy atom. The van der Waals surface area contributed by atoms with E-state index < -0.39 is 0 Å². The standard InChI is InChI=1S/C28H31N5/c1-2-7-22(8-3-1)25-11-15-29-27(31-25)33-17-13-28(14-18-33)12-6-16-32(21-28)20-23-19-30-26-10-5-4-9-24(23)26/h1-5,7-11,15,19,30H,6,12-14,16-18,20-21H2. The summed E-state index contributed by atoms with van der Waals surface area (Å²) in [6.45, 7) is 5.52. The van der Waals surface area contributed by atoms with Crippen LogP contribution in [0.2, 0.25) is 0 Å². The molecular weight excluding hydrogens is 406 g/mol. The van der Waals surface area contributed by atoms with Crippen molar-refractivity contribution in [2.75, 3.05) is 31.1 Å². The van der Waals surface area contributed by atoms with E-state index in [1.165, 1.54) is 55.2 Å². The van der Waals surface area contributed by atoms with Crippen molar-refractivity contribution >= 4 is 16.9 Å². The molecule has 2 aromatic heterocycles. The molecule has 2 fully saturated rings. The molecule has 4 aromatic rings. The normalized spacial score (nSPS) is 18.7. The van der Waals surface area contributed by atoms with Gasteiger partial charge in [0.1, 0.15) is 0 Å².